The molecule has 0 spiro atoms. The van der Waals surface area contributed by atoms with Crippen LogP contribution in [0.4, 0.5) is 0 Å². The van der Waals surface area contributed by atoms with E-state index in [0.717, 1.165) is 23.1 Å². The van der Waals surface area contributed by atoms with Gasteiger partial charge in [-0.1, -0.05) is 11.8 Å². The average molecular weight is 372 g/mol. The molecular formula is C18H16N2O5S. The van der Waals surface area contributed by atoms with Gasteiger partial charge in [0.2, 0.25) is 5.89 Å². The number of ketones is 1. The van der Waals surface area contributed by atoms with Gasteiger partial charge in [0.15, 0.2) is 17.3 Å². The maximum absolute atomic E-state index is 12.1. The number of aromatic hydroxyl groups is 2. The highest BCUT2D eigenvalue weighted by molar-refractivity contribution is 7.99. The molecule has 0 amide bonds. The van der Waals surface area contributed by atoms with E-state index < -0.39 is 0 Å². The van der Waals surface area contributed by atoms with Crippen LogP contribution in [0.2, 0.25) is 0 Å². The van der Waals surface area contributed by atoms with Crippen molar-refractivity contribution in [3.63, 3.8) is 0 Å². The molecule has 0 aliphatic heterocycles. The van der Waals surface area contributed by atoms with E-state index in [-0.39, 0.29) is 28.3 Å². The van der Waals surface area contributed by atoms with Crippen LogP contribution in [-0.2, 0) is 0 Å². The van der Waals surface area contributed by atoms with E-state index in [4.69, 9.17) is 9.15 Å². The Morgan fingerprint density at radius 1 is 1.12 bits per heavy atom. The third-order valence-electron chi connectivity index (χ3n) is 3.44. The van der Waals surface area contributed by atoms with Crippen molar-refractivity contribution in [1.82, 2.24) is 10.2 Å². The number of carbonyl (C=O) groups is 1. The van der Waals surface area contributed by atoms with Gasteiger partial charge in [-0.25, -0.2) is 0 Å². The molecular weight excluding hydrogens is 356 g/mol. The Hall–Kier alpha value is -3.00. The number of nitrogens with zero attached hydrogens (tertiary/aromatic N) is 2. The fraction of sp³-hybridized carbons (Fsp3) is 0.167. The minimum atomic E-state index is -0.337. The van der Waals surface area contributed by atoms with Gasteiger partial charge >= 0.3 is 0 Å². The molecule has 26 heavy (non-hydrogen) atoms. The monoisotopic (exact) mass is 372 g/mol. The lowest BCUT2D eigenvalue weighted by Gasteiger charge is -2.02. The van der Waals surface area contributed by atoms with E-state index in [1.165, 1.54) is 18.2 Å². The van der Waals surface area contributed by atoms with Crippen LogP contribution in [0.25, 0.3) is 11.5 Å². The molecule has 0 saturated heterocycles. The SMILES string of the molecule is CCOc1ccc(-c2nnc(SCC(=O)c3ccc(O)c(O)c3)o2)cc1. The zero-order valence-corrected chi connectivity index (χ0v) is 14.7. The van der Waals surface area contributed by atoms with Gasteiger partial charge < -0.3 is 19.4 Å². The van der Waals surface area contributed by atoms with Gasteiger partial charge in [-0.05, 0) is 49.4 Å². The number of phenolic OH excluding ortho intramolecular Hbond substituents is 2. The Kier molecular flexibility index (Phi) is 5.43. The van der Waals surface area contributed by atoms with Gasteiger partial charge in [0.1, 0.15) is 5.75 Å². The molecule has 134 valence electrons. The van der Waals surface area contributed by atoms with Crippen molar-refractivity contribution in [2.24, 2.45) is 0 Å². The summed E-state index contributed by atoms with van der Waals surface area (Å²) in [6, 6.07) is 11.2. The number of thioether (sulfide) groups is 1. The summed E-state index contributed by atoms with van der Waals surface area (Å²) in [6.45, 7) is 2.50. The Bertz CT molecular complexity index is 908. The van der Waals surface area contributed by atoms with Gasteiger partial charge in [0.25, 0.3) is 5.22 Å². The molecule has 3 aromatic rings. The first kappa shape index (κ1) is 17.8. The number of aromatic nitrogens is 2. The van der Waals surface area contributed by atoms with Crippen molar-refractivity contribution in [2.75, 3.05) is 12.4 Å². The summed E-state index contributed by atoms with van der Waals surface area (Å²) in [4.78, 5) is 12.1. The number of phenols is 2. The van der Waals surface area contributed by atoms with Gasteiger partial charge in [0.05, 0.1) is 12.4 Å². The zero-order chi connectivity index (χ0) is 18.5. The number of hydrogen-bond donors (Lipinski definition) is 2. The van der Waals surface area contributed by atoms with Crippen LogP contribution in [0.15, 0.2) is 52.1 Å². The van der Waals surface area contributed by atoms with Gasteiger partial charge in [-0.3, -0.25) is 4.79 Å². The Balaban J connectivity index is 1.63. The zero-order valence-electron chi connectivity index (χ0n) is 13.9. The molecule has 0 unspecified atom stereocenters. The second kappa shape index (κ2) is 7.92. The summed E-state index contributed by atoms with van der Waals surface area (Å²) in [5, 5.41) is 26.9. The van der Waals surface area contributed by atoms with Crippen LogP contribution < -0.4 is 4.74 Å². The Morgan fingerprint density at radius 3 is 2.58 bits per heavy atom. The molecule has 2 N–H and O–H groups in total. The largest absolute Gasteiger partial charge is 0.504 e. The fourth-order valence-electron chi connectivity index (χ4n) is 2.15. The van der Waals surface area contributed by atoms with Crippen LogP contribution in [0.5, 0.6) is 17.2 Å². The van der Waals surface area contributed by atoms with Crippen LogP contribution in [0, 0.1) is 0 Å². The highest BCUT2D eigenvalue weighted by Gasteiger charge is 2.14. The lowest BCUT2D eigenvalue weighted by atomic mass is 10.1. The minimum Gasteiger partial charge on any atom is -0.504 e. The minimum absolute atomic E-state index is 0.0646. The summed E-state index contributed by atoms with van der Waals surface area (Å²) in [6.07, 6.45) is 0. The predicted octanol–water partition coefficient (Wildman–Crippen LogP) is 3.52. The summed E-state index contributed by atoms with van der Waals surface area (Å²) < 4.78 is 10.9. The molecule has 0 saturated carbocycles. The highest BCUT2D eigenvalue weighted by atomic mass is 32.2. The molecule has 0 aliphatic rings. The molecule has 3 rings (SSSR count). The maximum atomic E-state index is 12.1. The van der Waals surface area contributed by atoms with E-state index in [2.05, 4.69) is 10.2 Å². The Labute approximate surface area is 153 Å². The molecule has 2 aromatic carbocycles. The molecule has 1 aromatic heterocycles. The first-order chi connectivity index (χ1) is 12.6. The van der Waals surface area contributed by atoms with E-state index >= 15 is 0 Å². The molecule has 0 bridgehead atoms. The number of rotatable bonds is 7. The van der Waals surface area contributed by atoms with Crippen LogP contribution in [0.3, 0.4) is 0 Å². The number of Topliss-reactive ketones (excluding diaryl/α,β-unsaturated/α-hetero) is 1. The molecule has 8 heteroatoms. The lowest BCUT2D eigenvalue weighted by molar-refractivity contribution is 0.102. The molecule has 0 fully saturated rings. The van der Waals surface area contributed by atoms with E-state index in [0.29, 0.717) is 18.1 Å². The highest BCUT2D eigenvalue weighted by Crippen LogP contribution is 2.28. The molecule has 7 nitrogen and oxygen atoms in total. The van der Waals surface area contributed by atoms with Gasteiger partial charge in [-0.2, -0.15) is 0 Å². The molecule has 0 atom stereocenters. The normalized spacial score (nSPS) is 10.7. The van der Waals surface area contributed by atoms with Gasteiger partial charge in [-0.15, -0.1) is 10.2 Å². The summed E-state index contributed by atoms with van der Waals surface area (Å²) in [5.41, 5.74) is 1.04. The number of ether oxygens (including phenoxy) is 1. The van der Waals surface area contributed by atoms with Gasteiger partial charge in [0, 0.05) is 11.1 Å². The van der Waals surface area contributed by atoms with Crippen LogP contribution in [-0.4, -0.2) is 38.6 Å². The molecule has 1 heterocycles. The van der Waals surface area contributed by atoms with Crippen molar-refractivity contribution >= 4 is 17.5 Å². The number of carbonyl (C=O) groups excluding carboxylic acids is 1. The number of hydrogen-bond acceptors (Lipinski definition) is 8. The van der Waals surface area contributed by atoms with E-state index in [1.54, 1.807) is 0 Å². The lowest BCUT2D eigenvalue weighted by Crippen LogP contribution is -2.01. The standard InChI is InChI=1S/C18H16N2O5S/c1-2-24-13-6-3-11(4-7-13)17-19-20-18(25-17)26-10-16(23)12-5-8-14(21)15(22)9-12/h3-9,21-22H,2,10H2,1H3. The first-order valence-corrected chi connectivity index (χ1v) is 8.80. The number of benzene rings is 2. The summed E-state index contributed by atoms with van der Waals surface area (Å²) >= 11 is 1.10. The summed E-state index contributed by atoms with van der Waals surface area (Å²) in [5.74, 6) is 0.335. The Morgan fingerprint density at radius 2 is 1.88 bits per heavy atom. The van der Waals surface area contributed by atoms with Crippen molar-refractivity contribution in [2.45, 2.75) is 12.1 Å². The van der Waals surface area contributed by atoms with Crippen molar-refractivity contribution < 1.29 is 24.2 Å². The quantitative estimate of drug-likeness (QED) is 0.369. The van der Waals surface area contributed by atoms with E-state index in [1.807, 2.05) is 31.2 Å². The summed E-state index contributed by atoms with van der Waals surface area (Å²) in [7, 11) is 0. The van der Waals surface area contributed by atoms with E-state index in [9.17, 15) is 15.0 Å². The van der Waals surface area contributed by atoms with Crippen molar-refractivity contribution in [1.29, 1.82) is 0 Å². The third-order valence-corrected chi connectivity index (χ3v) is 4.26. The maximum Gasteiger partial charge on any atom is 0.277 e. The average Bonchev–Trinajstić information content (AvgIpc) is 3.12. The van der Waals surface area contributed by atoms with Crippen molar-refractivity contribution in [3.05, 3.63) is 48.0 Å². The topological polar surface area (TPSA) is 106 Å². The second-order valence-electron chi connectivity index (χ2n) is 5.25. The smallest absolute Gasteiger partial charge is 0.277 e. The van der Waals surface area contributed by atoms with Crippen LogP contribution in [0.1, 0.15) is 17.3 Å². The van der Waals surface area contributed by atoms with Crippen LogP contribution >= 0.6 is 11.8 Å². The third kappa shape index (κ3) is 4.15. The predicted molar refractivity (Wildman–Crippen MR) is 95.7 cm³/mol. The fourth-order valence-corrected chi connectivity index (χ4v) is 2.81. The second-order valence-corrected chi connectivity index (χ2v) is 6.17. The molecule has 0 radical (unpaired) electrons. The first-order valence-electron chi connectivity index (χ1n) is 7.81. The molecule has 0 aliphatic carbocycles. The van der Waals surface area contributed by atoms with Crippen molar-refractivity contribution in [3.8, 4) is 28.7 Å².